The van der Waals surface area contributed by atoms with Crippen LogP contribution >= 0.6 is 22.9 Å². The molecule has 3 aromatic rings. The van der Waals surface area contributed by atoms with Gasteiger partial charge in [-0.3, -0.25) is 4.79 Å². The zero-order valence-electron chi connectivity index (χ0n) is 14.6. The van der Waals surface area contributed by atoms with Crippen LogP contribution < -0.4 is 10.2 Å². The number of rotatable bonds is 5. The van der Waals surface area contributed by atoms with E-state index in [9.17, 15) is 15.0 Å². The molecular weight excluding hydrogens is 388 g/mol. The molecule has 0 unspecified atom stereocenters. The van der Waals surface area contributed by atoms with Crippen LogP contribution in [-0.2, 0) is 11.2 Å². The van der Waals surface area contributed by atoms with Crippen LogP contribution in [0.5, 0.6) is 11.5 Å². The van der Waals surface area contributed by atoms with Crippen molar-refractivity contribution in [2.24, 2.45) is 0 Å². The fourth-order valence-electron chi connectivity index (χ4n) is 2.35. The highest BCUT2D eigenvalue weighted by molar-refractivity contribution is 7.14. The summed E-state index contributed by atoms with van der Waals surface area (Å²) >= 11 is 7.31. The summed E-state index contributed by atoms with van der Waals surface area (Å²) in [5, 5.41) is 24.2. The summed E-state index contributed by atoms with van der Waals surface area (Å²) in [5.74, 6) is -0.171. The molecule has 7 nitrogen and oxygen atoms in total. The molecule has 0 atom stereocenters. The van der Waals surface area contributed by atoms with Crippen LogP contribution in [0.15, 0.2) is 35.8 Å². The molecule has 0 fully saturated rings. The molecule has 27 heavy (non-hydrogen) atoms. The molecule has 0 aliphatic heterocycles. The predicted molar refractivity (Wildman–Crippen MR) is 107 cm³/mol. The van der Waals surface area contributed by atoms with Crippen molar-refractivity contribution in [2.75, 3.05) is 24.3 Å². The number of carbonyl (C=O) groups excluding carboxylic acids is 1. The number of nitrogens with zero attached hydrogens (tertiary/aromatic N) is 3. The summed E-state index contributed by atoms with van der Waals surface area (Å²) in [6, 6.07) is 6.24. The van der Waals surface area contributed by atoms with Crippen molar-refractivity contribution in [2.45, 2.75) is 6.42 Å². The lowest BCUT2D eigenvalue weighted by molar-refractivity contribution is -0.115. The quantitative estimate of drug-likeness (QED) is 0.563. The molecule has 2 heterocycles. The lowest BCUT2D eigenvalue weighted by Crippen LogP contribution is -2.14. The fourth-order valence-corrected chi connectivity index (χ4v) is 3.31. The molecule has 0 radical (unpaired) electrons. The minimum absolute atomic E-state index is 0.0539. The van der Waals surface area contributed by atoms with E-state index in [1.54, 1.807) is 6.20 Å². The first-order valence-electron chi connectivity index (χ1n) is 7.93. The van der Waals surface area contributed by atoms with Crippen molar-refractivity contribution in [3.63, 3.8) is 0 Å². The van der Waals surface area contributed by atoms with E-state index < -0.39 is 0 Å². The molecular formula is C18H17ClN4O3S. The van der Waals surface area contributed by atoms with Gasteiger partial charge in [0.15, 0.2) is 16.6 Å². The number of phenolic OH excluding ortho intramolecular Hbond substituents is 2. The number of nitrogens with one attached hydrogen (secondary N) is 1. The number of carbonyl (C=O) groups is 1. The molecule has 0 spiro atoms. The van der Waals surface area contributed by atoms with Gasteiger partial charge in [0.05, 0.1) is 12.1 Å². The summed E-state index contributed by atoms with van der Waals surface area (Å²) in [6.45, 7) is 0. The molecule has 0 aliphatic rings. The van der Waals surface area contributed by atoms with E-state index in [1.807, 2.05) is 36.5 Å². The average Bonchev–Trinajstić information content (AvgIpc) is 3.08. The van der Waals surface area contributed by atoms with Crippen LogP contribution in [0.1, 0.15) is 5.56 Å². The molecule has 3 N–H and O–H groups in total. The summed E-state index contributed by atoms with van der Waals surface area (Å²) < 4.78 is 0. The summed E-state index contributed by atoms with van der Waals surface area (Å²) in [7, 11) is 3.82. The topological polar surface area (TPSA) is 98.6 Å². The van der Waals surface area contributed by atoms with E-state index in [1.165, 1.54) is 23.5 Å². The summed E-state index contributed by atoms with van der Waals surface area (Å²) in [5.41, 5.74) is 2.05. The molecule has 0 bridgehead atoms. The Morgan fingerprint density at radius 3 is 2.74 bits per heavy atom. The highest BCUT2D eigenvalue weighted by Gasteiger charge is 2.13. The Bertz CT molecular complexity index is 990. The van der Waals surface area contributed by atoms with Gasteiger partial charge in [-0.1, -0.05) is 11.6 Å². The van der Waals surface area contributed by atoms with Crippen molar-refractivity contribution in [3.05, 3.63) is 46.4 Å². The van der Waals surface area contributed by atoms with Crippen molar-refractivity contribution < 1.29 is 15.0 Å². The van der Waals surface area contributed by atoms with Gasteiger partial charge in [0.25, 0.3) is 0 Å². The maximum Gasteiger partial charge on any atom is 0.230 e. The van der Waals surface area contributed by atoms with E-state index in [0.717, 1.165) is 17.1 Å². The van der Waals surface area contributed by atoms with Gasteiger partial charge < -0.3 is 20.4 Å². The first-order valence-corrected chi connectivity index (χ1v) is 9.18. The van der Waals surface area contributed by atoms with E-state index in [4.69, 9.17) is 11.6 Å². The maximum atomic E-state index is 12.3. The first-order chi connectivity index (χ1) is 12.8. The van der Waals surface area contributed by atoms with Gasteiger partial charge in [-0.2, -0.15) is 0 Å². The van der Waals surface area contributed by atoms with Crippen molar-refractivity contribution in [1.29, 1.82) is 0 Å². The minimum Gasteiger partial charge on any atom is -0.504 e. The van der Waals surface area contributed by atoms with Crippen LogP contribution in [0.2, 0.25) is 5.02 Å². The van der Waals surface area contributed by atoms with Crippen molar-refractivity contribution >= 4 is 39.8 Å². The fraction of sp³-hybridized carbons (Fsp3) is 0.167. The van der Waals surface area contributed by atoms with Gasteiger partial charge in [-0.05, 0) is 23.8 Å². The summed E-state index contributed by atoms with van der Waals surface area (Å²) in [6.07, 6.45) is 1.66. The number of amides is 1. The third-order valence-electron chi connectivity index (χ3n) is 3.74. The van der Waals surface area contributed by atoms with Gasteiger partial charge >= 0.3 is 0 Å². The van der Waals surface area contributed by atoms with Crippen LogP contribution in [0.3, 0.4) is 0 Å². The monoisotopic (exact) mass is 404 g/mol. The van der Waals surface area contributed by atoms with E-state index in [-0.39, 0.29) is 28.8 Å². The second-order valence-electron chi connectivity index (χ2n) is 5.99. The van der Waals surface area contributed by atoms with Crippen molar-refractivity contribution in [1.82, 2.24) is 9.97 Å². The third kappa shape index (κ3) is 4.47. The van der Waals surface area contributed by atoms with E-state index in [2.05, 4.69) is 15.3 Å². The molecule has 1 aromatic carbocycles. The maximum absolute atomic E-state index is 12.3. The standard InChI is InChI=1S/C18H17ClN4O3S/c1-23(2)16-6-10(3-4-20-16)13-9-27-18(21-13)22-17(26)7-11-5-14(24)15(25)8-12(11)19/h3-6,8-9,24-25H,7H2,1-2H3,(H,21,22,26). The molecule has 1 amide bonds. The van der Waals surface area contributed by atoms with Gasteiger partial charge in [0, 0.05) is 42.3 Å². The number of aromatic nitrogens is 2. The Kier molecular flexibility index (Phi) is 5.48. The number of pyridine rings is 1. The Balaban J connectivity index is 1.71. The molecule has 140 valence electrons. The van der Waals surface area contributed by atoms with Crippen LogP contribution in [0.25, 0.3) is 11.3 Å². The second kappa shape index (κ2) is 7.81. The molecule has 3 rings (SSSR count). The number of hydrogen-bond donors (Lipinski definition) is 3. The van der Waals surface area contributed by atoms with Crippen LogP contribution in [-0.4, -0.2) is 40.2 Å². The third-order valence-corrected chi connectivity index (χ3v) is 4.85. The molecule has 0 saturated heterocycles. The molecule has 2 aromatic heterocycles. The SMILES string of the molecule is CN(C)c1cc(-c2csc(NC(=O)Cc3cc(O)c(O)cc3Cl)n2)ccn1. The normalized spacial score (nSPS) is 10.6. The molecule has 0 saturated carbocycles. The van der Waals surface area contributed by atoms with Crippen LogP contribution in [0.4, 0.5) is 10.9 Å². The largest absolute Gasteiger partial charge is 0.504 e. The number of thiazole rings is 1. The lowest BCUT2D eigenvalue weighted by Gasteiger charge is -2.11. The van der Waals surface area contributed by atoms with E-state index in [0.29, 0.717) is 10.7 Å². The first kappa shape index (κ1) is 18.9. The number of benzene rings is 1. The zero-order valence-corrected chi connectivity index (χ0v) is 16.2. The second-order valence-corrected chi connectivity index (χ2v) is 7.26. The zero-order chi connectivity index (χ0) is 19.6. The Labute approximate surface area is 164 Å². The minimum atomic E-state index is -0.330. The molecule has 9 heteroatoms. The van der Waals surface area contributed by atoms with Gasteiger partial charge in [0.2, 0.25) is 5.91 Å². The number of hydrogen-bond acceptors (Lipinski definition) is 7. The molecule has 0 aliphatic carbocycles. The van der Waals surface area contributed by atoms with Gasteiger partial charge in [0.1, 0.15) is 5.82 Å². The predicted octanol–water partition coefficient (Wildman–Crippen LogP) is 3.52. The highest BCUT2D eigenvalue weighted by atomic mass is 35.5. The number of anilines is 2. The Hall–Kier alpha value is -2.84. The Morgan fingerprint density at radius 2 is 2.00 bits per heavy atom. The van der Waals surface area contributed by atoms with Gasteiger partial charge in [-0.15, -0.1) is 11.3 Å². The number of aromatic hydroxyl groups is 2. The highest BCUT2D eigenvalue weighted by Crippen LogP contribution is 2.32. The van der Waals surface area contributed by atoms with E-state index >= 15 is 0 Å². The van der Waals surface area contributed by atoms with Crippen LogP contribution in [0, 0.1) is 0 Å². The smallest absolute Gasteiger partial charge is 0.230 e. The van der Waals surface area contributed by atoms with Gasteiger partial charge in [-0.25, -0.2) is 9.97 Å². The summed E-state index contributed by atoms with van der Waals surface area (Å²) in [4.78, 5) is 22.9. The average molecular weight is 405 g/mol. The lowest BCUT2D eigenvalue weighted by atomic mass is 10.1. The Morgan fingerprint density at radius 1 is 1.26 bits per heavy atom. The number of phenols is 2. The van der Waals surface area contributed by atoms with Crippen molar-refractivity contribution in [3.8, 4) is 22.8 Å². The number of halogens is 1.